The normalized spacial score (nSPS) is 13.8. The molecule has 2 heteroatoms. The van der Waals surface area contributed by atoms with Gasteiger partial charge in [-0.05, 0) is 38.8 Å². The molecule has 0 aromatic heterocycles. The van der Waals surface area contributed by atoms with Gasteiger partial charge in [-0.3, -0.25) is 0 Å². The second-order valence-electron chi connectivity index (χ2n) is 5.79. The molecule has 0 amide bonds. The lowest BCUT2D eigenvalue weighted by atomic mass is 9.86. The summed E-state index contributed by atoms with van der Waals surface area (Å²) in [6.07, 6.45) is 0.944. The summed E-state index contributed by atoms with van der Waals surface area (Å²) in [6, 6.07) is 13.9. The van der Waals surface area contributed by atoms with E-state index in [1.165, 1.54) is 0 Å². The number of ether oxygens (including phenoxy) is 1. The highest BCUT2D eigenvalue weighted by molar-refractivity contribution is 5.45. The first-order valence-corrected chi connectivity index (χ1v) is 7.48. The Kier molecular flexibility index (Phi) is 4.69. The number of para-hydroxylation sites is 1. The molecular weight excluding hydrogens is 260 g/mol. The number of rotatable bonds is 5. The minimum Gasteiger partial charge on any atom is -0.493 e. The topological polar surface area (TPSA) is 29.5 Å². The summed E-state index contributed by atoms with van der Waals surface area (Å²) in [6.45, 7) is 8.65. The monoisotopic (exact) mass is 284 g/mol. The van der Waals surface area contributed by atoms with E-state index in [1.807, 2.05) is 57.2 Å². The number of aliphatic hydroxyl groups is 1. The van der Waals surface area contributed by atoms with Crippen molar-refractivity contribution in [2.45, 2.75) is 39.7 Å². The second kappa shape index (κ2) is 6.31. The zero-order chi connectivity index (χ0) is 15.5. The van der Waals surface area contributed by atoms with Gasteiger partial charge in [-0.15, -0.1) is 0 Å². The van der Waals surface area contributed by atoms with Gasteiger partial charge in [-0.2, -0.15) is 0 Å². The Morgan fingerprint density at radius 2 is 1.67 bits per heavy atom. The summed E-state index contributed by atoms with van der Waals surface area (Å²) in [5.41, 5.74) is 2.94. The Bertz CT molecular complexity index is 594. The molecule has 21 heavy (non-hydrogen) atoms. The van der Waals surface area contributed by atoms with E-state index in [2.05, 4.69) is 13.0 Å². The summed E-state index contributed by atoms with van der Waals surface area (Å²) in [5.74, 6) is 0.753. The van der Waals surface area contributed by atoms with Crippen LogP contribution in [0.25, 0.3) is 0 Å². The summed E-state index contributed by atoms with van der Waals surface area (Å²) in [4.78, 5) is 0. The van der Waals surface area contributed by atoms with Crippen molar-refractivity contribution >= 4 is 0 Å². The summed E-state index contributed by atoms with van der Waals surface area (Å²) < 4.78 is 5.79. The highest BCUT2D eigenvalue weighted by atomic mass is 16.5. The molecule has 1 N–H and O–H groups in total. The highest BCUT2D eigenvalue weighted by Gasteiger charge is 2.29. The van der Waals surface area contributed by atoms with Crippen molar-refractivity contribution in [1.29, 1.82) is 0 Å². The van der Waals surface area contributed by atoms with Crippen LogP contribution in [0.15, 0.2) is 42.5 Å². The number of hydrogen-bond acceptors (Lipinski definition) is 2. The molecular formula is C19H24O2. The van der Waals surface area contributed by atoms with E-state index in [0.29, 0.717) is 6.61 Å². The highest BCUT2D eigenvalue weighted by Crippen LogP contribution is 2.36. The van der Waals surface area contributed by atoms with Crippen LogP contribution in [0.1, 0.15) is 42.5 Å². The van der Waals surface area contributed by atoms with Crippen LogP contribution >= 0.6 is 0 Å². The van der Waals surface area contributed by atoms with Crippen LogP contribution in [0.3, 0.4) is 0 Å². The van der Waals surface area contributed by atoms with Gasteiger partial charge in [0.25, 0.3) is 0 Å². The van der Waals surface area contributed by atoms with Gasteiger partial charge in [0.05, 0.1) is 6.61 Å². The Morgan fingerprint density at radius 3 is 2.29 bits per heavy atom. The number of aryl methyl sites for hydroxylation is 2. The minimum absolute atomic E-state index is 0.653. The number of benzene rings is 2. The van der Waals surface area contributed by atoms with Crippen molar-refractivity contribution in [3.8, 4) is 5.75 Å². The molecule has 0 saturated carbocycles. The van der Waals surface area contributed by atoms with Crippen molar-refractivity contribution < 1.29 is 9.84 Å². The van der Waals surface area contributed by atoms with E-state index in [-0.39, 0.29) is 0 Å². The maximum Gasteiger partial charge on any atom is 0.125 e. The maximum absolute atomic E-state index is 11.1. The van der Waals surface area contributed by atoms with Gasteiger partial charge in [-0.25, -0.2) is 0 Å². The fourth-order valence-electron chi connectivity index (χ4n) is 2.62. The van der Waals surface area contributed by atoms with Gasteiger partial charge >= 0.3 is 0 Å². The molecule has 0 radical (unpaired) electrons. The predicted octanol–water partition coefficient (Wildman–Crippen LogP) is 4.35. The Hall–Kier alpha value is -1.80. The molecule has 2 aromatic carbocycles. The van der Waals surface area contributed by atoms with Crippen LogP contribution in [0.2, 0.25) is 0 Å². The second-order valence-corrected chi connectivity index (χ2v) is 5.79. The molecule has 2 nitrogen and oxygen atoms in total. The van der Waals surface area contributed by atoms with Gasteiger partial charge in [0.2, 0.25) is 0 Å². The zero-order valence-corrected chi connectivity index (χ0v) is 13.3. The SMILES string of the molecule is CCCOc1ccccc1C(C)(O)c1cc(C)cc(C)c1. The zero-order valence-electron chi connectivity index (χ0n) is 13.3. The van der Waals surface area contributed by atoms with Crippen LogP contribution in [-0.2, 0) is 5.60 Å². The van der Waals surface area contributed by atoms with Crippen LogP contribution in [0, 0.1) is 13.8 Å². The first kappa shape index (κ1) is 15.6. The third kappa shape index (κ3) is 3.45. The van der Waals surface area contributed by atoms with E-state index in [0.717, 1.165) is 34.4 Å². The van der Waals surface area contributed by atoms with Gasteiger partial charge in [0.15, 0.2) is 0 Å². The maximum atomic E-state index is 11.1. The average Bonchev–Trinajstić information content (AvgIpc) is 2.44. The van der Waals surface area contributed by atoms with E-state index < -0.39 is 5.60 Å². The summed E-state index contributed by atoms with van der Waals surface area (Å²) in [5, 5.41) is 11.1. The fourth-order valence-corrected chi connectivity index (χ4v) is 2.62. The molecule has 112 valence electrons. The largest absolute Gasteiger partial charge is 0.493 e. The van der Waals surface area contributed by atoms with Gasteiger partial charge in [0, 0.05) is 5.56 Å². The number of hydrogen-bond donors (Lipinski definition) is 1. The molecule has 0 fully saturated rings. The Morgan fingerprint density at radius 1 is 1.05 bits per heavy atom. The van der Waals surface area contributed by atoms with Gasteiger partial charge < -0.3 is 9.84 Å². The van der Waals surface area contributed by atoms with Crippen molar-refractivity contribution in [3.05, 3.63) is 64.7 Å². The first-order valence-electron chi connectivity index (χ1n) is 7.48. The van der Waals surface area contributed by atoms with E-state index in [4.69, 9.17) is 4.74 Å². The third-order valence-electron chi connectivity index (χ3n) is 3.66. The summed E-state index contributed by atoms with van der Waals surface area (Å²) >= 11 is 0. The lowest BCUT2D eigenvalue weighted by Gasteiger charge is -2.27. The van der Waals surface area contributed by atoms with Crippen LogP contribution < -0.4 is 4.74 Å². The van der Waals surface area contributed by atoms with Crippen LogP contribution in [-0.4, -0.2) is 11.7 Å². The van der Waals surface area contributed by atoms with Crippen molar-refractivity contribution in [2.75, 3.05) is 6.61 Å². The van der Waals surface area contributed by atoms with E-state index in [9.17, 15) is 5.11 Å². The lowest BCUT2D eigenvalue weighted by molar-refractivity contribution is 0.0977. The molecule has 0 aliphatic heterocycles. The molecule has 1 atom stereocenters. The standard InChI is InChI=1S/C19H24O2/c1-5-10-21-18-9-7-6-8-17(18)19(4,20)16-12-14(2)11-15(3)13-16/h6-9,11-13,20H,5,10H2,1-4H3. The third-order valence-corrected chi connectivity index (χ3v) is 3.66. The van der Waals surface area contributed by atoms with E-state index in [1.54, 1.807) is 0 Å². The molecule has 0 aliphatic rings. The molecule has 0 heterocycles. The molecule has 2 aromatic rings. The fraction of sp³-hybridized carbons (Fsp3) is 0.368. The van der Waals surface area contributed by atoms with Gasteiger partial charge in [0.1, 0.15) is 11.4 Å². The van der Waals surface area contributed by atoms with E-state index >= 15 is 0 Å². The average molecular weight is 284 g/mol. The molecule has 2 rings (SSSR count). The van der Waals surface area contributed by atoms with Gasteiger partial charge in [-0.1, -0.05) is 54.4 Å². The first-order chi connectivity index (χ1) is 9.95. The minimum atomic E-state index is -1.07. The van der Waals surface area contributed by atoms with Crippen LogP contribution in [0.5, 0.6) is 5.75 Å². The lowest BCUT2D eigenvalue weighted by Crippen LogP contribution is -2.24. The van der Waals surface area contributed by atoms with Crippen molar-refractivity contribution in [1.82, 2.24) is 0 Å². The molecule has 0 spiro atoms. The molecule has 1 unspecified atom stereocenters. The van der Waals surface area contributed by atoms with Crippen molar-refractivity contribution in [3.63, 3.8) is 0 Å². The predicted molar refractivity (Wildman–Crippen MR) is 86.8 cm³/mol. The molecule has 0 bridgehead atoms. The summed E-state index contributed by atoms with van der Waals surface area (Å²) in [7, 11) is 0. The smallest absolute Gasteiger partial charge is 0.125 e. The van der Waals surface area contributed by atoms with Crippen molar-refractivity contribution in [2.24, 2.45) is 0 Å². The molecule has 0 saturated heterocycles. The molecule has 0 aliphatic carbocycles. The Balaban J connectivity index is 2.47. The van der Waals surface area contributed by atoms with Crippen LogP contribution in [0.4, 0.5) is 0 Å². The Labute approximate surface area is 127 Å². The quantitative estimate of drug-likeness (QED) is 0.884.